The molecule has 0 aliphatic carbocycles. The minimum Gasteiger partial charge on any atom is -0.398 e. The monoisotopic (exact) mass is 246 g/mol. The Morgan fingerprint density at radius 3 is 2.89 bits per heavy atom. The average Bonchev–Trinajstić information content (AvgIpc) is 2.74. The molecule has 0 saturated carbocycles. The second-order valence-corrected chi connectivity index (χ2v) is 5.59. The first-order chi connectivity index (χ1) is 8.74. The van der Waals surface area contributed by atoms with Crippen molar-refractivity contribution in [2.75, 3.05) is 36.9 Å². The molecule has 0 spiro atoms. The Bertz CT molecular complexity index is 438. The molecule has 1 saturated heterocycles. The van der Waals surface area contributed by atoms with Crippen LogP contribution >= 0.6 is 0 Å². The zero-order valence-electron chi connectivity index (χ0n) is 11.1. The zero-order valence-corrected chi connectivity index (χ0v) is 11.1. The van der Waals surface area contributed by atoms with Gasteiger partial charge in [-0.3, -0.25) is 0 Å². The number of nitrogens with two attached hydrogens (primary N) is 1. The number of fused-ring (bicyclic) bond motifs is 1. The van der Waals surface area contributed by atoms with Crippen molar-refractivity contribution in [2.24, 2.45) is 5.92 Å². The standard InChI is InChI=1S/C15H22N2O/c1-11-8-13-2-5-17(15(13)9-14(11)16)10-12-3-6-18-7-4-12/h8-9,12H,2-7,10,16H2,1H3. The number of ether oxygens (including phenoxy) is 1. The topological polar surface area (TPSA) is 38.5 Å². The molecule has 1 aromatic rings. The lowest BCUT2D eigenvalue weighted by Crippen LogP contribution is -2.31. The Kier molecular flexibility index (Phi) is 3.16. The van der Waals surface area contributed by atoms with Crippen molar-refractivity contribution < 1.29 is 4.74 Å². The lowest BCUT2D eigenvalue weighted by atomic mass is 9.99. The fourth-order valence-corrected chi connectivity index (χ4v) is 3.07. The first-order valence-corrected chi connectivity index (χ1v) is 6.96. The highest BCUT2D eigenvalue weighted by molar-refractivity contribution is 5.67. The first-order valence-electron chi connectivity index (χ1n) is 6.96. The van der Waals surface area contributed by atoms with Crippen molar-refractivity contribution >= 4 is 11.4 Å². The molecule has 1 fully saturated rings. The lowest BCUT2D eigenvalue weighted by Gasteiger charge is -2.28. The van der Waals surface area contributed by atoms with Crippen molar-refractivity contribution in [3.8, 4) is 0 Å². The van der Waals surface area contributed by atoms with Crippen molar-refractivity contribution in [3.63, 3.8) is 0 Å². The Hall–Kier alpha value is -1.22. The van der Waals surface area contributed by atoms with E-state index in [0.717, 1.165) is 31.4 Å². The van der Waals surface area contributed by atoms with Crippen LogP contribution in [-0.2, 0) is 11.2 Å². The molecule has 1 aromatic carbocycles. The third kappa shape index (κ3) is 2.19. The van der Waals surface area contributed by atoms with Crippen LogP contribution in [0.25, 0.3) is 0 Å². The van der Waals surface area contributed by atoms with Gasteiger partial charge in [-0.15, -0.1) is 0 Å². The van der Waals surface area contributed by atoms with Crippen molar-refractivity contribution in [1.29, 1.82) is 0 Å². The summed E-state index contributed by atoms with van der Waals surface area (Å²) in [5.41, 5.74) is 11.0. The van der Waals surface area contributed by atoms with E-state index in [9.17, 15) is 0 Å². The molecule has 0 aromatic heterocycles. The van der Waals surface area contributed by atoms with Gasteiger partial charge < -0.3 is 15.4 Å². The molecule has 3 nitrogen and oxygen atoms in total. The van der Waals surface area contributed by atoms with Gasteiger partial charge in [-0.25, -0.2) is 0 Å². The lowest BCUT2D eigenvalue weighted by molar-refractivity contribution is 0.0683. The van der Waals surface area contributed by atoms with Crippen LogP contribution in [0, 0.1) is 12.8 Å². The molecule has 2 aliphatic heterocycles. The van der Waals surface area contributed by atoms with E-state index < -0.39 is 0 Å². The number of rotatable bonds is 2. The smallest absolute Gasteiger partial charge is 0.0469 e. The van der Waals surface area contributed by atoms with Gasteiger partial charge in [0.15, 0.2) is 0 Å². The van der Waals surface area contributed by atoms with Crippen LogP contribution in [0.3, 0.4) is 0 Å². The van der Waals surface area contributed by atoms with E-state index in [0.29, 0.717) is 0 Å². The molecule has 2 heterocycles. The third-order valence-corrected chi connectivity index (χ3v) is 4.28. The number of aryl methyl sites for hydroxylation is 1. The number of anilines is 2. The Balaban J connectivity index is 1.75. The van der Waals surface area contributed by atoms with E-state index in [1.165, 1.54) is 42.6 Å². The molecular weight excluding hydrogens is 224 g/mol. The van der Waals surface area contributed by atoms with Crippen LogP contribution in [0.1, 0.15) is 24.0 Å². The Morgan fingerprint density at radius 1 is 1.33 bits per heavy atom. The molecule has 3 rings (SSSR count). The minimum absolute atomic E-state index is 0.784. The normalized spacial score (nSPS) is 20.2. The van der Waals surface area contributed by atoms with Crippen LogP contribution in [0.2, 0.25) is 0 Å². The van der Waals surface area contributed by atoms with Crippen LogP contribution in [-0.4, -0.2) is 26.3 Å². The molecule has 98 valence electrons. The van der Waals surface area contributed by atoms with Crippen LogP contribution < -0.4 is 10.6 Å². The summed E-state index contributed by atoms with van der Waals surface area (Å²) in [6.45, 7) is 6.27. The largest absolute Gasteiger partial charge is 0.398 e. The highest BCUT2D eigenvalue weighted by Crippen LogP contribution is 2.33. The number of nitrogen functional groups attached to an aromatic ring is 1. The van der Waals surface area contributed by atoms with E-state index in [4.69, 9.17) is 10.5 Å². The molecule has 3 heteroatoms. The summed E-state index contributed by atoms with van der Waals surface area (Å²) < 4.78 is 5.43. The maximum Gasteiger partial charge on any atom is 0.0469 e. The zero-order chi connectivity index (χ0) is 12.5. The molecule has 0 bridgehead atoms. The second-order valence-electron chi connectivity index (χ2n) is 5.59. The van der Waals surface area contributed by atoms with E-state index in [2.05, 4.69) is 24.0 Å². The van der Waals surface area contributed by atoms with E-state index in [1.807, 2.05) is 0 Å². The first kappa shape index (κ1) is 11.8. The van der Waals surface area contributed by atoms with Crippen LogP contribution in [0.15, 0.2) is 12.1 Å². The van der Waals surface area contributed by atoms with Crippen LogP contribution in [0.5, 0.6) is 0 Å². The summed E-state index contributed by atoms with van der Waals surface area (Å²) >= 11 is 0. The fraction of sp³-hybridized carbons (Fsp3) is 0.600. The van der Waals surface area contributed by atoms with E-state index >= 15 is 0 Å². The molecular formula is C15H22N2O. The average molecular weight is 246 g/mol. The Morgan fingerprint density at radius 2 is 2.11 bits per heavy atom. The highest BCUT2D eigenvalue weighted by Gasteiger charge is 2.24. The molecule has 18 heavy (non-hydrogen) atoms. The molecule has 0 amide bonds. The predicted octanol–water partition coefficient (Wildman–Crippen LogP) is 2.37. The van der Waals surface area contributed by atoms with Gasteiger partial charge in [-0.2, -0.15) is 0 Å². The van der Waals surface area contributed by atoms with Gasteiger partial charge in [0.25, 0.3) is 0 Å². The summed E-state index contributed by atoms with van der Waals surface area (Å²) in [4.78, 5) is 2.51. The maximum atomic E-state index is 6.04. The minimum atomic E-state index is 0.784. The highest BCUT2D eigenvalue weighted by atomic mass is 16.5. The SMILES string of the molecule is Cc1cc2c(cc1N)N(CC1CCOCC1)CC2. The summed E-state index contributed by atoms with van der Waals surface area (Å²) in [7, 11) is 0. The summed E-state index contributed by atoms with van der Waals surface area (Å²) in [6, 6.07) is 4.42. The molecule has 0 unspecified atom stereocenters. The maximum absolute atomic E-state index is 6.04. The molecule has 0 atom stereocenters. The van der Waals surface area contributed by atoms with Gasteiger partial charge >= 0.3 is 0 Å². The van der Waals surface area contributed by atoms with Crippen molar-refractivity contribution in [1.82, 2.24) is 0 Å². The summed E-state index contributed by atoms with van der Waals surface area (Å²) in [5.74, 6) is 0.784. The van der Waals surface area contributed by atoms with E-state index in [1.54, 1.807) is 0 Å². The van der Waals surface area contributed by atoms with Crippen molar-refractivity contribution in [3.05, 3.63) is 23.3 Å². The summed E-state index contributed by atoms with van der Waals surface area (Å²) in [5, 5.41) is 0. The van der Waals surface area contributed by atoms with Gasteiger partial charge in [0.2, 0.25) is 0 Å². The predicted molar refractivity (Wildman–Crippen MR) is 75.1 cm³/mol. The number of hydrogen-bond acceptors (Lipinski definition) is 3. The number of nitrogens with zero attached hydrogens (tertiary/aromatic N) is 1. The molecule has 0 radical (unpaired) electrons. The summed E-state index contributed by atoms with van der Waals surface area (Å²) in [6.07, 6.45) is 3.57. The number of benzene rings is 1. The van der Waals surface area contributed by atoms with Gasteiger partial charge in [-0.1, -0.05) is 6.07 Å². The molecule has 2 aliphatic rings. The van der Waals surface area contributed by atoms with Crippen LogP contribution in [0.4, 0.5) is 11.4 Å². The van der Waals surface area contributed by atoms with E-state index in [-0.39, 0.29) is 0 Å². The van der Waals surface area contributed by atoms with Gasteiger partial charge in [-0.05, 0) is 49.3 Å². The van der Waals surface area contributed by atoms with Crippen molar-refractivity contribution in [2.45, 2.75) is 26.2 Å². The fourth-order valence-electron chi connectivity index (χ4n) is 3.07. The number of hydrogen-bond donors (Lipinski definition) is 1. The Labute approximate surface area is 109 Å². The quantitative estimate of drug-likeness (QED) is 0.814. The second kappa shape index (κ2) is 4.81. The van der Waals surface area contributed by atoms with Gasteiger partial charge in [0.05, 0.1) is 0 Å². The third-order valence-electron chi connectivity index (χ3n) is 4.28. The van der Waals surface area contributed by atoms with Gasteiger partial charge in [0, 0.05) is 37.7 Å². The molecule has 2 N–H and O–H groups in total. The van der Waals surface area contributed by atoms with Gasteiger partial charge in [0.1, 0.15) is 0 Å².